The number of oxime groups is 1. The number of amides is 1. The van der Waals surface area contributed by atoms with Gasteiger partial charge in [0, 0.05) is 29.2 Å². The van der Waals surface area contributed by atoms with Crippen molar-refractivity contribution in [3.8, 4) is 0 Å². The van der Waals surface area contributed by atoms with E-state index in [2.05, 4.69) is 26.4 Å². The molecule has 1 amide bonds. The number of aromatic amines is 1. The molecule has 5 nitrogen and oxygen atoms in total. The third-order valence-electron chi connectivity index (χ3n) is 3.83. The van der Waals surface area contributed by atoms with Gasteiger partial charge in [-0.15, -0.1) is 0 Å². The second kappa shape index (κ2) is 7.46. The van der Waals surface area contributed by atoms with Crippen LogP contribution in [0.1, 0.15) is 21.5 Å². The summed E-state index contributed by atoms with van der Waals surface area (Å²) in [7, 11) is 1.49. The standard InChI is InChI=1S/C19H19N3O2/c1-24-22-12-14-6-8-15(9-7-14)19(23)20-11-10-16-13-21-18-5-3-2-4-17(16)18/h2-9,12-13,21H,10-11H2,1H3,(H,20,23)/b22-12+. The molecule has 0 saturated carbocycles. The Labute approximate surface area is 140 Å². The highest BCUT2D eigenvalue weighted by molar-refractivity contribution is 5.95. The molecule has 1 heterocycles. The molecule has 122 valence electrons. The molecule has 2 aromatic carbocycles. The van der Waals surface area contributed by atoms with Crippen LogP contribution in [-0.4, -0.2) is 30.8 Å². The van der Waals surface area contributed by atoms with Crippen LogP contribution < -0.4 is 5.32 Å². The number of nitrogens with one attached hydrogen (secondary N) is 2. The summed E-state index contributed by atoms with van der Waals surface area (Å²) in [5, 5.41) is 7.85. The lowest BCUT2D eigenvalue weighted by Crippen LogP contribution is -2.25. The predicted octanol–water partition coefficient (Wildman–Crippen LogP) is 3.12. The first kappa shape index (κ1) is 15.8. The van der Waals surface area contributed by atoms with Crippen LogP contribution in [0.3, 0.4) is 0 Å². The maximum atomic E-state index is 12.2. The lowest BCUT2D eigenvalue weighted by molar-refractivity contribution is 0.0954. The number of H-pyrrole nitrogens is 1. The number of carbonyl (C=O) groups is 1. The predicted molar refractivity (Wildman–Crippen MR) is 95.4 cm³/mol. The van der Waals surface area contributed by atoms with Crippen LogP contribution in [0, 0.1) is 0 Å². The van der Waals surface area contributed by atoms with Crippen LogP contribution in [0.25, 0.3) is 10.9 Å². The molecule has 0 aliphatic heterocycles. The van der Waals surface area contributed by atoms with Crippen molar-refractivity contribution < 1.29 is 9.63 Å². The summed E-state index contributed by atoms with van der Waals surface area (Å²) < 4.78 is 0. The van der Waals surface area contributed by atoms with Crippen LogP contribution in [0.2, 0.25) is 0 Å². The van der Waals surface area contributed by atoms with Gasteiger partial charge in [-0.05, 0) is 35.7 Å². The topological polar surface area (TPSA) is 66.5 Å². The molecule has 0 atom stereocenters. The number of hydrogen-bond acceptors (Lipinski definition) is 3. The second-order valence-electron chi connectivity index (χ2n) is 5.40. The number of nitrogens with zero attached hydrogens (tertiary/aromatic N) is 1. The van der Waals surface area contributed by atoms with Gasteiger partial charge in [0.2, 0.25) is 0 Å². The molecule has 0 fully saturated rings. The Morgan fingerprint density at radius 2 is 2.00 bits per heavy atom. The van der Waals surface area contributed by atoms with Gasteiger partial charge in [0.15, 0.2) is 0 Å². The van der Waals surface area contributed by atoms with Gasteiger partial charge in [-0.1, -0.05) is 35.5 Å². The Kier molecular flexibility index (Phi) is 4.91. The van der Waals surface area contributed by atoms with Crippen molar-refractivity contribution in [3.05, 3.63) is 71.4 Å². The summed E-state index contributed by atoms with van der Waals surface area (Å²) in [6, 6.07) is 15.4. The molecule has 0 aliphatic carbocycles. The van der Waals surface area contributed by atoms with Crippen LogP contribution in [-0.2, 0) is 11.3 Å². The van der Waals surface area contributed by atoms with Gasteiger partial charge < -0.3 is 15.1 Å². The fourth-order valence-electron chi connectivity index (χ4n) is 2.59. The number of hydrogen-bond donors (Lipinski definition) is 2. The Bertz CT molecular complexity index is 850. The van der Waals surface area contributed by atoms with Gasteiger partial charge in [0.05, 0.1) is 6.21 Å². The zero-order valence-electron chi connectivity index (χ0n) is 13.5. The van der Waals surface area contributed by atoms with Gasteiger partial charge >= 0.3 is 0 Å². The van der Waals surface area contributed by atoms with E-state index in [1.54, 1.807) is 18.3 Å². The van der Waals surface area contributed by atoms with E-state index in [0.29, 0.717) is 12.1 Å². The van der Waals surface area contributed by atoms with Crippen molar-refractivity contribution >= 4 is 23.0 Å². The third-order valence-corrected chi connectivity index (χ3v) is 3.83. The molecule has 3 aromatic rings. The van der Waals surface area contributed by atoms with Gasteiger partial charge in [0.1, 0.15) is 7.11 Å². The van der Waals surface area contributed by atoms with Crippen molar-refractivity contribution in [2.75, 3.05) is 13.7 Å². The van der Waals surface area contributed by atoms with E-state index < -0.39 is 0 Å². The normalized spacial score (nSPS) is 11.0. The Hall–Kier alpha value is -3.08. The summed E-state index contributed by atoms with van der Waals surface area (Å²) in [5.74, 6) is -0.0786. The monoisotopic (exact) mass is 321 g/mol. The molecule has 0 bridgehead atoms. The Morgan fingerprint density at radius 1 is 1.21 bits per heavy atom. The van der Waals surface area contributed by atoms with E-state index in [0.717, 1.165) is 17.5 Å². The maximum absolute atomic E-state index is 12.2. The largest absolute Gasteiger partial charge is 0.399 e. The average Bonchev–Trinajstić information content (AvgIpc) is 3.03. The van der Waals surface area contributed by atoms with E-state index in [9.17, 15) is 4.79 Å². The van der Waals surface area contributed by atoms with Crippen LogP contribution >= 0.6 is 0 Å². The van der Waals surface area contributed by atoms with Gasteiger partial charge in [-0.3, -0.25) is 4.79 Å². The number of para-hydroxylation sites is 1. The van der Waals surface area contributed by atoms with Crippen molar-refractivity contribution in [1.29, 1.82) is 0 Å². The van der Waals surface area contributed by atoms with E-state index in [4.69, 9.17) is 0 Å². The molecule has 24 heavy (non-hydrogen) atoms. The minimum atomic E-state index is -0.0786. The smallest absolute Gasteiger partial charge is 0.251 e. The second-order valence-corrected chi connectivity index (χ2v) is 5.40. The van der Waals surface area contributed by atoms with Crippen molar-refractivity contribution in [1.82, 2.24) is 10.3 Å². The highest BCUT2D eigenvalue weighted by Gasteiger charge is 2.06. The van der Waals surface area contributed by atoms with Crippen LogP contribution in [0.4, 0.5) is 0 Å². The first-order chi connectivity index (χ1) is 11.8. The first-order valence-corrected chi connectivity index (χ1v) is 7.77. The molecule has 1 aromatic heterocycles. The van der Waals surface area contributed by atoms with Crippen LogP contribution in [0.5, 0.6) is 0 Å². The number of rotatable bonds is 6. The summed E-state index contributed by atoms with van der Waals surface area (Å²) >= 11 is 0. The summed E-state index contributed by atoms with van der Waals surface area (Å²) in [5.41, 5.74) is 3.83. The van der Waals surface area contributed by atoms with E-state index in [1.807, 2.05) is 36.5 Å². The summed E-state index contributed by atoms with van der Waals surface area (Å²) in [6.07, 6.45) is 4.38. The molecular formula is C19H19N3O2. The van der Waals surface area contributed by atoms with Crippen LogP contribution in [0.15, 0.2) is 59.9 Å². The zero-order chi connectivity index (χ0) is 16.8. The van der Waals surface area contributed by atoms with Gasteiger partial charge in [-0.25, -0.2) is 0 Å². The quantitative estimate of drug-likeness (QED) is 0.541. The third kappa shape index (κ3) is 3.63. The molecule has 0 aliphatic rings. The summed E-state index contributed by atoms with van der Waals surface area (Å²) in [6.45, 7) is 0.591. The Balaban J connectivity index is 1.56. The SMILES string of the molecule is CO/N=C/c1ccc(C(=O)NCCc2c[nH]c3ccccc23)cc1. The minimum absolute atomic E-state index is 0.0786. The number of carbonyl (C=O) groups excluding carboxylic acids is 1. The highest BCUT2D eigenvalue weighted by Crippen LogP contribution is 2.17. The van der Waals surface area contributed by atoms with E-state index in [-0.39, 0.29) is 5.91 Å². The number of fused-ring (bicyclic) bond motifs is 1. The summed E-state index contributed by atoms with van der Waals surface area (Å²) in [4.78, 5) is 20.1. The van der Waals surface area contributed by atoms with E-state index >= 15 is 0 Å². The number of benzene rings is 2. The molecule has 0 radical (unpaired) electrons. The van der Waals surface area contributed by atoms with Gasteiger partial charge in [-0.2, -0.15) is 0 Å². The van der Waals surface area contributed by atoms with Crippen molar-refractivity contribution in [3.63, 3.8) is 0 Å². The molecule has 3 rings (SSSR count). The lowest BCUT2D eigenvalue weighted by Gasteiger charge is -2.05. The molecule has 0 spiro atoms. The first-order valence-electron chi connectivity index (χ1n) is 7.77. The fraction of sp³-hybridized carbons (Fsp3) is 0.158. The minimum Gasteiger partial charge on any atom is -0.399 e. The average molecular weight is 321 g/mol. The van der Waals surface area contributed by atoms with Crippen molar-refractivity contribution in [2.45, 2.75) is 6.42 Å². The maximum Gasteiger partial charge on any atom is 0.251 e. The Morgan fingerprint density at radius 3 is 2.79 bits per heavy atom. The highest BCUT2D eigenvalue weighted by atomic mass is 16.6. The fourth-order valence-corrected chi connectivity index (χ4v) is 2.59. The van der Waals surface area contributed by atoms with Crippen molar-refractivity contribution in [2.24, 2.45) is 5.16 Å². The zero-order valence-corrected chi connectivity index (χ0v) is 13.5. The lowest BCUT2D eigenvalue weighted by atomic mass is 10.1. The molecule has 0 unspecified atom stereocenters. The molecule has 2 N–H and O–H groups in total. The number of aromatic nitrogens is 1. The molecule has 0 saturated heterocycles. The van der Waals surface area contributed by atoms with E-state index in [1.165, 1.54) is 18.1 Å². The van der Waals surface area contributed by atoms with Gasteiger partial charge in [0.25, 0.3) is 5.91 Å². The molecular weight excluding hydrogens is 302 g/mol. The molecule has 5 heteroatoms.